The van der Waals surface area contributed by atoms with Crippen LogP contribution in [0.3, 0.4) is 0 Å². The van der Waals surface area contributed by atoms with Gasteiger partial charge in [-0.25, -0.2) is 14.3 Å². The van der Waals surface area contributed by atoms with Crippen molar-refractivity contribution in [3.05, 3.63) is 40.0 Å². The predicted octanol–water partition coefficient (Wildman–Crippen LogP) is 1.39. The lowest BCUT2D eigenvalue weighted by Gasteiger charge is -2.19. The number of pyridine rings is 1. The number of H-pyrrole nitrogens is 1. The Kier molecular flexibility index (Phi) is 6.90. The van der Waals surface area contributed by atoms with E-state index in [1.807, 2.05) is 0 Å². The molecule has 0 spiro atoms. The molecule has 3 N–H and O–H groups in total. The number of anilines is 1. The highest BCUT2D eigenvalue weighted by Gasteiger charge is 2.39. The number of rotatable bonds is 8. The van der Waals surface area contributed by atoms with Crippen molar-refractivity contribution in [2.75, 3.05) is 12.4 Å². The van der Waals surface area contributed by atoms with Crippen molar-refractivity contribution < 1.29 is 36.9 Å². The average Bonchev–Trinajstić information content (AvgIpc) is 3.36. The number of hydrogen-bond acceptors (Lipinski definition) is 8. The first-order valence-corrected chi connectivity index (χ1v) is 9.64. The molecule has 184 valence electrons. The molecule has 0 aliphatic carbocycles. The van der Waals surface area contributed by atoms with Crippen LogP contribution in [-0.2, 0) is 13.2 Å². The number of methoxy groups -OCH3 is 1. The number of nitrogens with one attached hydrogen (secondary N) is 2. The molecule has 0 fully saturated rings. The first-order chi connectivity index (χ1) is 16.0. The summed E-state index contributed by atoms with van der Waals surface area (Å²) in [7, 11) is 1.27. The Morgan fingerprint density at radius 3 is 2.65 bits per heavy atom. The third kappa shape index (κ3) is 4.70. The highest BCUT2D eigenvalue weighted by Crippen LogP contribution is 2.29. The number of alkyl halides is 3. The number of hydrogen-bond donors (Lipinski definition) is 3. The van der Waals surface area contributed by atoms with Gasteiger partial charge in [-0.1, -0.05) is 0 Å². The van der Waals surface area contributed by atoms with E-state index in [0.29, 0.717) is 17.7 Å². The Labute approximate surface area is 188 Å². The molecule has 3 heterocycles. The predicted molar refractivity (Wildman–Crippen MR) is 106 cm³/mol. The first-order valence-electron chi connectivity index (χ1n) is 9.64. The number of nitrogens with zero attached hydrogens (tertiary/aromatic N) is 5. The van der Waals surface area contributed by atoms with Crippen molar-refractivity contribution in [2.45, 2.75) is 39.3 Å². The van der Waals surface area contributed by atoms with Gasteiger partial charge in [-0.2, -0.15) is 27.9 Å². The molecule has 3 rings (SSSR count). The standard InChI is InChI=1S/C18H19F4N7O5/c1-4-28-12(7-30)27-29(17(28)32)13-10(19)5-9(15(25-13)34-8(2)18(20,21)22)14(31)24-11-6-23-26-16(11)33-3/h5-6,8,30H,4,7H2,1-3H3,(H,23,26)(H,24,31)/t8-/m0/s1. The van der Waals surface area contributed by atoms with Gasteiger partial charge in [0.05, 0.1) is 13.3 Å². The van der Waals surface area contributed by atoms with Gasteiger partial charge in [0, 0.05) is 6.54 Å². The number of halogens is 4. The minimum absolute atomic E-state index is 0.0114. The maximum absolute atomic E-state index is 15.0. The van der Waals surface area contributed by atoms with E-state index in [-0.39, 0.29) is 23.9 Å². The number of aliphatic hydroxyl groups is 1. The molecule has 1 atom stereocenters. The zero-order valence-electron chi connectivity index (χ0n) is 18.0. The second-order valence-corrected chi connectivity index (χ2v) is 6.73. The molecule has 1 amide bonds. The lowest BCUT2D eigenvalue weighted by molar-refractivity contribution is -0.190. The number of aliphatic hydroxyl groups excluding tert-OH is 1. The molecular formula is C18H19F4N7O5. The molecule has 0 bridgehead atoms. The Bertz CT molecular complexity index is 1250. The third-order valence-electron chi connectivity index (χ3n) is 4.57. The number of aromatic amines is 1. The molecular weight excluding hydrogens is 470 g/mol. The van der Waals surface area contributed by atoms with Crippen molar-refractivity contribution >= 4 is 11.6 Å². The van der Waals surface area contributed by atoms with E-state index in [4.69, 9.17) is 9.47 Å². The zero-order chi connectivity index (χ0) is 25.2. The monoisotopic (exact) mass is 489 g/mol. The van der Waals surface area contributed by atoms with Gasteiger partial charge in [-0.3, -0.25) is 9.36 Å². The van der Waals surface area contributed by atoms with Crippen LogP contribution < -0.4 is 20.5 Å². The fourth-order valence-corrected chi connectivity index (χ4v) is 2.82. The maximum Gasteiger partial charge on any atom is 0.425 e. The Balaban J connectivity index is 2.13. The van der Waals surface area contributed by atoms with Crippen LogP contribution in [-0.4, -0.2) is 59.9 Å². The summed E-state index contributed by atoms with van der Waals surface area (Å²) in [5.41, 5.74) is -1.60. The second kappa shape index (κ2) is 9.50. The molecule has 0 radical (unpaired) electrons. The van der Waals surface area contributed by atoms with Crippen molar-refractivity contribution in [1.29, 1.82) is 0 Å². The fourth-order valence-electron chi connectivity index (χ4n) is 2.82. The van der Waals surface area contributed by atoms with Crippen LogP contribution in [0, 0.1) is 5.82 Å². The second-order valence-electron chi connectivity index (χ2n) is 6.73. The van der Waals surface area contributed by atoms with E-state index >= 15 is 0 Å². The molecule has 0 aromatic carbocycles. The lowest BCUT2D eigenvalue weighted by atomic mass is 10.2. The molecule has 0 aliphatic rings. The molecule has 12 nitrogen and oxygen atoms in total. The van der Waals surface area contributed by atoms with Crippen molar-refractivity contribution in [3.63, 3.8) is 0 Å². The van der Waals surface area contributed by atoms with Crippen molar-refractivity contribution in [2.24, 2.45) is 0 Å². The number of carbonyl (C=O) groups is 1. The topological polar surface area (TPSA) is 149 Å². The number of amides is 1. The summed E-state index contributed by atoms with van der Waals surface area (Å²) < 4.78 is 65.6. The van der Waals surface area contributed by atoms with Gasteiger partial charge < -0.3 is 19.9 Å². The summed E-state index contributed by atoms with van der Waals surface area (Å²) in [4.78, 5) is 29.0. The Hall–Kier alpha value is -3.95. The Morgan fingerprint density at radius 2 is 2.09 bits per heavy atom. The first kappa shape index (κ1) is 24.7. The lowest BCUT2D eigenvalue weighted by Crippen LogP contribution is -2.33. The van der Waals surface area contributed by atoms with Gasteiger partial charge in [0.15, 0.2) is 23.6 Å². The summed E-state index contributed by atoms with van der Waals surface area (Å²) in [5, 5.41) is 21.5. The molecule has 3 aromatic rings. The van der Waals surface area contributed by atoms with E-state index in [1.165, 1.54) is 7.11 Å². The van der Waals surface area contributed by atoms with Crippen molar-refractivity contribution in [3.8, 4) is 17.6 Å². The normalized spacial score (nSPS) is 12.5. The number of ether oxygens (including phenoxy) is 2. The summed E-state index contributed by atoms with van der Waals surface area (Å²) >= 11 is 0. The van der Waals surface area contributed by atoms with Gasteiger partial charge in [0.2, 0.25) is 11.8 Å². The summed E-state index contributed by atoms with van der Waals surface area (Å²) in [6.45, 7) is 1.62. The van der Waals surface area contributed by atoms with Crippen molar-refractivity contribution in [1.82, 2.24) is 29.5 Å². The zero-order valence-corrected chi connectivity index (χ0v) is 18.0. The highest BCUT2D eigenvalue weighted by atomic mass is 19.4. The number of aromatic nitrogens is 6. The molecule has 16 heteroatoms. The van der Waals surface area contributed by atoms with Gasteiger partial charge in [-0.15, -0.1) is 5.10 Å². The quantitative estimate of drug-likeness (QED) is 0.402. The van der Waals surface area contributed by atoms with Crippen LogP contribution in [0.2, 0.25) is 0 Å². The van der Waals surface area contributed by atoms with E-state index in [1.54, 1.807) is 6.92 Å². The summed E-state index contributed by atoms with van der Waals surface area (Å²) in [5.74, 6) is -4.20. The number of carbonyl (C=O) groups excluding carboxylic acids is 1. The van der Waals surface area contributed by atoms with Crippen LogP contribution in [0.25, 0.3) is 5.82 Å². The van der Waals surface area contributed by atoms with Gasteiger partial charge in [-0.05, 0) is 19.9 Å². The van der Waals surface area contributed by atoms with E-state index in [2.05, 4.69) is 25.6 Å². The van der Waals surface area contributed by atoms with Crippen LogP contribution in [0.4, 0.5) is 23.2 Å². The minimum atomic E-state index is -4.84. The fraction of sp³-hybridized carbons (Fsp3) is 0.389. The minimum Gasteiger partial charge on any atom is -0.480 e. The van der Waals surface area contributed by atoms with Gasteiger partial charge in [0.25, 0.3) is 5.91 Å². The molecule has 3 aromatic heterocycles. The van der Waals surface area contributed by atoms with E-state index < -0.39 is 53.6 Å². The van der Waals surface area contributed by atoms with Gasteiger partial charge in [0.1, 0.15) is 17.9 Å². The van der Waals surface area contributed by atoms with E-state index in [9.17, 15) is 32.3 Å². The smallest absolute Gasteiger partial charge is 0.425 e. The summed E-state index contributed by atoms with van der Waals surface area (Å²) in [6.07, 6.45) is -6.13. The highest BCUT2D eigenvalue weighted by molar-refractivity contribution is 6.06. The molecule has 0 aliphatic heterocycles. The van der Waals surface area contributed by atoms with Crippen LogP contribution in [0.15, 0.2) is 17.1 Å². The van der Waals surface area contributed by atoms with Crippen LogP contribution in [0.1, 0.15) is 30.0 Å². The molecule has 0 unspecified atom stereocenters. The molecule has 0 saturated heterocycles. The molecule has 0 saturated carbocycles. The van der Waals surface area contributed by atoms with Gasteiger partial charge >= 0.3 is 11.9 Å². The summed E-state index contributed by atoms with van der Waals surface area (Å²) in [6, 6.07) is 0.554. The SMILES string of the molecule is CCn1c(CO)nn(-c2nc(O[C@@H](C)C(F)(F)F)c(C(=O)Nc3cn[nH]c3OC)cc2F)c1=O. The van der Waals surface area contributed by atoms with Crippen LogP contribution in [0.5, 0.6) is 11.8 Å². The van der Waals surface area contributed by atoms with Crippen LogP contribution >= 0.6 is 0 Å². The average molecular weight is 489 g/mol. The van der Waals surface area contributed by atoms with E-state index in [0.717, 1.165) is 10.8 Å². The largest absolute Gasteiger partial charge is 0.480 e. The Morgan fingerprint density at radius 1 is 1.38 bits per heavy atom. The third-order valence-corrected chi connectivity index (χ3v) is 4.57. The maximum atomic E-state index is 15.0. The molecule has 34 heavy (non-hydrogen) atoms.